The van der Waals surface area contributed by atoms with Crippen molar-refractivity contribution in [3.63, 3.8) is 0 Å². The van der Waals surface area contributed by atoms with Crippen molar-refractivity contribution in [3.05, 3.63) is 0 Å². The maximum Gasteiger partial charge on any atom is 0.236 e. The van der Waals surface area contributed by atoms with Crippen molar-refractivity contribution in [3.8, 4) is 0 Å². The predicted octanol–water partition coefficient (Wildman–Crippen LogP) is 1.56. The van der Waals surface area contributed by atoms with Crippen LogP contribution >= 0.6 is 0 Å². The van der Waals surface area contributed by atoms with Gasteiger partial charge >= 0.3 is 0 Å². The zero-order chi connectivity index (χ0) is 13.4. The molecule has 0 spiro atoms. The van der Waals surface area contributed by atoms with Crippen LogP contribution in [-0.2, 0) is 4.79 Å². The second-order valence-electron chi connectivity index (χ2n) is 5.69. The standard InChI is InChI=1S/C14H28N2O2/c1-2-3-7-12(15)13(18)16-10-14(11-17)8-5-4-6-9-14/h12,17H,2-11,15H2,1H3,(H,16,18). The highest BCUT2D eigenvalue weighted by Gasteiger charge is 2.32. The zero-order valence-electron chi connectivity index (χ0n) is 11.6. The molecule has 0 heterocycles. The molecule has 1 fully saturated rings. The van der Waals surface area contributed by atoms with Crippen LogP contribution in [0.1, 0.15) is 58.3 Å². The molecule has 0 aliphatic heterocycles. The number of hydrogen-bond acceptors (Lipinski definition) is 3. The van der Waals surface area contributed by atoms with Crippen molar-refractivity contribution in [1.82, 2.24) is 5.32 Å². The number of amides is 1. The fourth-order valence-electron chi connectivity index (χ4n) is 2.65. The Balaban J connectivity index is 2.35. The number of rotatable bonds is 7. The second kappa shape index (κ2) is 7.74. The Morgan fingerprint density at radius 3 is 2.61 bits per heavy atom. The Bertz CT molecular complexity index is 250. The van der Waals surface area contributed by atoms with Crippen molar-refractivity contribution in [1.29, 1.82) is 0 Å². The van der Waals surface area contributed by atoms with Gasteiger partial charge in [0.25, 0.3) is 0 Å². The molecule has 18 heavy (non-hydrogen) atoms. The Morgan fingerprint density at radius 2 is 2.06 bits per heavy atom. The molecule has 1 amide bonds. The van der Waals surface area contributed by atoms with Gasteiger partial charge in [-0.3, -0.25) is 4.79 Å². The third kappa shape index (κ3) is 4.58. The summed E-state index contributed by atoms with van der Waals surface area (Å²) >= 11 is 0. The third-order valence-corrected chi connectivity index (χ3v) is 4.09. The summed E-state index contributed by atoms with van der Waals surface area (Å²) in [6, 6.07) is -0.399. The zero-order valence-corrected chi connectivity index (χ0v) is 11.6. The molecule has 0 aromatic rings. The predicted molar refractivity (Wildman–Crippen MR) is 73.1 cm³/mol. The van der Waals surface area contributed by atoms with Crippen molar-refractivity contribution in [2.24, 2.45) is 11.1 Å². The number of aliphatic hydroxyl groups excluding tert-OH is 1. The fraction of sp³-hybridized carbons (Fsp3) is 0.929. The van der Waals surface area contributed by atoms with Crippen LogP contribution in [0.5, 0.6) is 0 Å². The summed E-state index contributed by atoms with van der Waals surface area (Å²) in [5.74, 6) is -0.0677. The number of nitrogens with two attached hydrogens (primary N) is 1. The molecule has 1 unspecified atom stereocenters. The van der Waals surface area contributed by atoms with E-state index in [0.29, 0.717) is 6.54 Å². The van der Waals surface area contributed by atoms with Crippen LogP contribution in [0.25, 0.3) is 0 Å². The molecule has 1 aliphatic rings. The maximum atomic E-state index is 11.8. The van der Waals surface area contributed by atoms with E-state index in [1.807, 2.05) is 0 Å². The van der Waals surface area contributed by atoms with Crippen LogP contribution in [0.15, 0.2) is 0 Å². The SMILES string of the molecule is CCCCC(N)C(=O)NCC1(CO)CCCCC1. The quantitative estimate of drug-likeness (QED) is 0.647. The van der Waals surface area contributed by atoms with Gasteiger partial charge in [-0.25, -0.2) is 0 Å². The molecule has 4 nitrogen and oxygen atoms in total. The number of hydrogen-bond donors (Lipinski definition) is 3. The molecule has 0 aromatic heterocycles. The van der Waals surface area contributed by atoms with E-state index >= 15 is 0 Å². The molecular formula is C14H28N2O2. The van der Waals surface area contributed by atoms with Gasteiger partial charge in [0.2, 0.25) is 5.91 Å². The number of carbonyl (C=O) groups excluding carboxylic acids is 1. The summed E-state index contributed by atoms with van der Waals surface area (Å²) in [6.07, 6.45) is 8.35. The van der Waals surface area contributed by atoms with Crippen LogP contribution in [-0.4, -0.2) is 30.2 Å². The molecule has 1 aliphatic carbocycles. The van der Waals surface area contributed by atoms with Gasteiger partial charge in [0, 0.05) is 12.0 Å². The van der Waals surface area contributed by atoms with E-state index in [-0.39, 0.29) is 17.9 Å². The van der Waals surface area contributed by atoms with E-state index in [1.54, 1.807) is 0 Å². The molecule has 106 valence electrons. The average Bonchev–Trinajstić information content (AvgIpc) is 2.43. The van der Waals surface area contributed by atoms with E-state index in [1.165, 1.54) is 6.42 Å². The van der Waals surface area contributed by atoms with E-state index in [4.69, 9.17) is 5.73 Å². The summed E-state index contributed by atoms with van der Waals surface area (Å²) in [5.41, 5.74) is 5.73. The number of unbranched alkanes of at least 4 members (excludes halogenated alkanes) is 1. The van der Waals surface area contributed by atoms with E-state index in [2.05, 4.69) is 12.2 Å². The Kier molecular flexibility index (Phi) is 6.65. The normalized spacial score (nSPS) is 20.4. The molecule has 0 bridgehead atoms. The van der Waals surface area contributed by atoms with Gasteiger partial charge < -0.3 is 16.2 Å². The Hall–Kier alpha value is -0.610. The molecule has 4 N–H and O–H groups in total. The molecule has 1 saturated carbocycles. The Labute approximate surface area is 110 Å². The first kappa shape index (κ1) is 15.4. The number of nitrogens with one attached hydrogen (secondary N) is 1. The van der Waals surface area contributed by atoms with Crippen molar-refractivity contribution >= 4 is 5.91 Å². The highest BCUT2D eigenvalue weighted by molar-refractivity contribution is 5.81. The van der Waals surface area contributed by atoms with Crippen LogP contribution in [0.3, 0.4) is 0 Å². The number of aliphatic hydroxyl groups is 1. The lowest BCUT2D eigenvalue weighted by Crippen LogP contribution is -2.47. The smallest absolute Gasteiger partial charge is 0.236 e. The van der Waals surface area contributed by atoms with E-state index < -0.39 is 6.04 Å². The molecular weight excluding hydrogens is 228 g/mol. The van der Waals surface area contributed by atoms with Gasteiger partial charge in [-0.15, -0.1) is 0 Å². The topological polar surface area (TPSA) is 75.4 Å². The highest BCUT2D eigenvalue weighted by Crippen LogP contribution is 2.35. The van der Waals surface area contributed by atoms with Gasteiger partial charge in [0.1, 0.15) is 0 Å². The molecule has 1 rings (SSSR count). The summed E-state index contributed by atoms with van der Waals surface area (Å²) in [6.45, 7) is 2.83. The largest absolute Gasteiger partial charge is 0.396 e. The van der Waals surface area contributed by atoms with Crippen LogP contribution in [0.2, 0.25) is 0 Å². The first-order valence-electron chi connectivity index (χ1n) is 7.28. The summed E-state index contributed by atoms with van der Waals surface area (Å²) in [4.78, 5) is 11.8. The average molecular weight is 256 g/mol. The first-order valence-corrected chi connectivity index (χ1v) is 7.28. The van der Waals surface area contributed by atoms with Crippen LogP contribution in [0.4, 0.5) is 0 Å². The van der Waals surface area contributed by atoms with Crippen molar-refractivity contribution < 1.29 is 9.90 Å². The summed E-state index contributed by atoms with van der Waals surface area (Å²) in [7, 11) is 0. The molecule has 0 saturated heterocycles. The minimum Gasteiger partial charge on any atom is -0.396 e. The maximum absolute atomic E-state index is 11.8. The third-order valence-electron chi connectivity index (χ3n) is 4.09. The molecule has 0 radical (unpaired) electrons. The van der Waals surface area contributed by atoms with Crippen molar-refractivity contribution in [2.45, 2.75) is 64.3 Å². The second-order valence-corrected chi connectivity index (χ2v) is 5.69. The lowest BCUT2D eigenvalue weighted by atomic mass is 9.74. The summed E-state index contributed by atoms with van der Waals surface area (Å²) in [5, 5.41) is 12.5. The van der Waals surface area contributed by atoms with Gasteiger partial charge in [0.05, 0.1) is 12.6 Å². The van der Waals surface area contributed by atoms with Crippen LogP contribution < -0.4 is 11.1 Å². The van der Waals surface area contributed by atoms with Gasteiger partial charge in [-0.1, -0.05) is 39.0 Å². The molecule has 0 aromatic carbocycles. The lowest BCUT2D eigenvalue weighted by Gasteiger charge is -2.35. The summed E-state index contributed by atoms with van der Waals surface area (Å²) < 4.78 is 0. The van der Waals surface area contributed by atoms with E-state index in [9.17, 15) is 9.90 Å². The van der Waals surface area contributed by atoms with E-state index in [0.717, 1.165) is 44.9 Å². The molecule has 4 heteroatoms. The minimum atomic E-state index is -0.399. The number of carbonyl (C=O) groups is 1. The van der Waals surface area contributed by atoms with Gasteiger partial charge in [0.15, 0.2) is 0 Å². The monoisotopic (exact) mass is 256 g/mol. The minimum absolute atomic E-state index is 0.0677. The Morgan fingerprint density at radius 1 is 1.39 bits per heavy atom. The fourth-order valence-corrected chi connectivity index (χ4v) is 2.65. The highest BCUT2D eigenvalue weighted by atomic mass is 16.3. The first-order chi connectivity index (χ1) is 8.63. The van der Waals surface area contributed by atoms with Gasteiger partial charge in [-0.05, 0) is 19.3 Å². The van der Waals surface area contributed by atoms with Crippen LogP contribution in [0, 0.1) is 5.41 Å². The molecule has 1 atom stereocenters. The van der Waals surface area contributed by atoms with Crippen molar-refractivity contribution in [2.75, 3.05) is 13.2 Å². The van der Waals surface area contributed by atoms with Gasteiger partial charge in [-0.2, -0.15) is 0 Å². The lowest BCUT2D eigenvalue weighted by molar-refractivity contribution is -0.123.